The lowest BCUT2D eigenvalue weighted by Crippen LogP contribution is -2.24. The summed E-state index contributed by atoms with van der Waals surface area (Å²) in [7, 11) is 3.85. The van der Waals surface area contributed by atoms with Crippen LogP contribution in [-0.4, -0.2) is 35.2 Å². The van der Waals surface area contributed by atoms with Gasteiger partial charge in [-0.2, -0.15) is 11.3 Å². The molecular weight excluding hydrogens is 338 g/mol. The summed E-state index contributed by atoms with van der Waals surface area (Å²) in [6.45, 7) is 0.435. The van der Waals surface area contributed by atoms with Gasteiger partial charge in [-0.1, -0.05) is 6.07 Å². The van der Waals surface area contributed by atoms with Gasteiger partial charge in [0.1, 0.15) is 5.82 Å². The van der Waals surface area contributed by atoms with Crippen LogP contribution in [0.1, 0.15) is 17.9 Å². The molecule has 25 heavy (non-hydrogen) atoms. The van der Waals surface area contributed by atoms with Crippen molar-refractivity contribution in [2.75, 3.05) is 19.0 Å². The van der Waals surface area contributed by atoms with E-state index in [0.717, 1.165) is 16.9 Å². The summed E-state index contributed by atoms with van der Waals surface area (Å²) in [5.74, 6) is 1.73. The number of aryl methyl sites for hydroxylation is 1. The summed E-state index contributed by atoms with van der Waals surface area (Å²) in [4.78, 5) is 18.3. The first kappa shape index (κ1) is 17.1. The van der Waals surface area contributed by atoms with Crippen LogP contribution in [0.5, 0.6) is 0 Å². The van der Waals surface area contributed by atoms with E-state index in [1.165, 1.54) is 0 Å². The zero-order valence-electron chi connectivity index (χ0n) is 14.1. The molecule has 0 atom stereocenters. The van der Waals surface area contributed by atoms with Gasteiger partial charge in [0, 0.05) is 56.2 Å². The Labute approximate surface area is 149 Å². The van der Waals surface area contributed by atoms with E-state index in [-0.39, 0.29) is 5.91 Å². The minimum Gasteiger partial charge on any atom is -0.421 e. The second kappa shape index (κ2) is 7.89. The van der Waals surface area contributed by atoms with Crippen molar-refractivity contribution in [3.05, 3.63) is 46.6 Å². The van der Waals surface area contributed by atoms with Gasteiger partial charge >= 0.3 is 0 Å². The zero-order chi connectivity index (χ0) is 17.6. The Kier molecular flexibility index (Phi) is 5.39. The van der Waals surface area contributed by atoms with Gasteiger partial charge in [-0.25, -0.2) is 4.98 Å². The number of rotatable bonds is 7. The molecule has 7 nitrogen and oxygen atoms in total. The number of nitrogens with one attached hydrogen (secondary N) is 1. The van der Waals surface area contributed by atoms with E-state index in [1.807, 2.05) is 48.0 Å². The molecule has 0 radical (unpaired) electrons. The van der Waals surface area contributed by atoms with E-state index in [1.54, 1.807) is 17.5 Å². The lowest BCUT2D eigenvalue weighted by molar-refractivity contribution is -0.121. The molecule has 0 unspecified atom stereocenters. The van der Waals surface area contributed by atoms with Crippen molar-refractivity contribution < 1.29 is 9.21 Å². The number of thiophene rings is 1. The number of carbonyl (C=O) groups excluding carboxylic acids is 1. The van der Waals surface area contributed by atoms with Crippen LogP contribution in [0.4, 0.5) is 5.82 Å². The fraction of sp³-hybridized carbons (Fsp3) is 0.294. The highest BCUT2D eigenvalue weighted by Gasteiger charge is 2.12. The van der Waals surface area contributed by atoms with Crippen molar-refractivity contribution in [1.29, 1.82) is 0 Å². The first-order valence-corrected chi connectivity index (χ1v) is 8.80. The van der Waals surface area contributed by atoms with Crippen molar-refractivity contribution in [1.82, 2.24) is 20.5 Å². The largest absolute Gasteiger partial charge is 0.421 e. The molecule has 8 heteroatoms. The number of carbonyl (C=O) groups is 1. The van der Waals surface area contributed by atoms with Crippen LogP contribution in [0.15, 0.2) is 39.6 Å². The third-order valence-corrected chi connectivity index (χ3v) is 4.25. The predicted octanol–water partition coefficient (Wildman–Crippen LogP) is 2.51. The number of hydrogen-bond acceptors (Lipinski definition) is 7. The van der Waals surface area contributed by atoms with Gasteiger partial charge in [-0.15, -0.1) is 10.2 Å². The number of anilines is 1. The van der Waals surface area contributed by atoms with E-state index >= 15 is 0 Å². The Balaban J connectivity index is 1.50. The first-order valence-electron chi connectivity index (χ1n) is 7.86. The molecule has 3 aromatic heterocycles. The molecule has 3 aromatic rings. The topological polar surface area (TPSA) is 84.2 Å². The van der Waals surface area contributed by atoms with Gasteiger partial charge in [0.05, 0.1) is 0 Å². The van der Waals surface area contributed by atoms with E-state index in [0.29, 0.717) is 31.2 Å². The molecule has 0 saturated carbocycles. The van der Waals surface area contributed by atoms with Crippen LogP contribution in [0.25, 0.3) is 11.5 Å². The summed E-state index contributed by atoms with van der Waals surface area (Å²) in [5.41, 5.74) is 1.87. The molecular formula is C17H19N5O2S. The Morgan fingerprint density at radius 3 is 2.96 bits per heavy atom. The van der Waals surface area contributed by atoms with Gasteiger partial charge in [0.2, 0.25) is 17.7 Å². The lowest BCUT2D eigenvalue weighted by atomic mass is 10.2. The molecule has 3 rings (SSSR count). The molecule has 0 aromatic carbocycles. The van der Waals surface area contributed by atoms with Crippen molar-refractivity contribution in [2.45, 2.75) is 19.4 Å². The van der Waals surface area contributed by atoms with Crippen LogP contribution < -0.4 is 10.2 Å². The fourth-order valence-electron chi connectivity index (χ4n) is 2.33. The minimum atomic E-state index is -0.0659. The van der Waals surface area contributed by atoms with Gasteiger partial charge in [-0.05, 0) is 17.5 Å². The first-order chi connectivity index (χ1) is 12.1. The number of pyridine rings is 1. The monoisotopic (exact) mass is 357 g/mol. The Morgan fingerprint density at radius 2 is 2.20 bits per heavy atom. The molecule has 0 aliphatic heterocycles. The summed E-state index contributed by atoms with van der Waals surface area (Å²) in [5, 5.41) is 14.8. The maximum atomic E-state index is 12.1. The zero-order valence-corrected chi connectivity index (χ0v) is 14.9. The van der Waals surface area contributed by atoms with Crippen LogP contribution in [0, 0.1) is 0 Å². The second-order valence-electron chi connectivity index (χ2n) is 5.67. The lowest BCUT2D eigenvalue weighted by Gasteiger charge is -2.16. The molecule has 0 bridgehead atoms. The summed E-state index contributed by atoms with van der Waals surface area (Å²) in [6, 6.07) is 5.73. The van der Waals surface area contributed by atoms with Gasteiger partial charge in [0.15, 0.2) is 0 Å². The molecule has 0 aliphatic carbocycles. The normalized spacial score (nSPS) is 10.6. The van der Waals surface area contributed by atoms with E-state index in [4.69, 9.17) is 4.42 Å². The molecule has 1 amide bonds. The summed E-state index contributed by atoms with van der Waals surface area (Å²) >= 11 is 1.57. The van der Waals surface area contributed by atoms with Crippen molar-refractivity contribution in [3.8, 4) is 11.5 Å². The quantitative estimate of drug-likeness (QED) is 0.699. The van der Waals surface area contributed by atoms with E-state index < -0.39 is 0 Å². The maximum Gasteiger partial charge on any atom is 0.248 e. The molecule has 0 aliphatic rings. The van der Waals surface area contributed by atoms with Gasteiger partial charge in [-0.3, -0.25) is 4.79 Å². The summed E-state index contributed by atoms with van der Waals surface area (Å²) in [6.07, 6.45) is 2.45. The fourth-order valence-corrected chi connectivity index (χ4v) is 2.96. The highest BCUT2D eigenvalue weighted by atomic mass is 32.1. The summed E-state index contributed by atoms with van der Waals surface area (Å²) < 4.78 is 5.58. The standard InChI is InChI=1S/C17H19N5O2S/c1-22(2)16-12(4-3-8-18-16)10-19-14(23)5-6-15-20-21-17(24-15)13-7-9-25-11-13/h3-4,7-9,11H,5-6,10H2,1-2H3,(H,19,23). The molecule has 0 fully saturated rings. The maximum absolute atomic E-state index is 12.1. The highest BCUT2D eigenvalue weighted by Crippen LogP contribution is 2.20. The van der Waals surface area contributed by atoms with Crippen LogP contribution in [0.2, 0.25) is 0 Å². The number of hydrogen-bond donors (Lipinski definition) is 1. The van der Waals surface area contributed by atoms with Gasteiger partial charge < -0.3 is 14.6 Å². The minimum absolute atomic E-state index is 0.0659. The molecule has 1 N–H and O–H groups in total. The van der Waals surface area contributed by atoms with Crippen molar-refractivity contribution in [3.63, 3.8) is 0 Å². The van der Waals surface area contributed by atoms with Gasteiger partial charge in [0.25, 0.3) is 0 Å². The second-order valence-corrected chi connectivity index (χ2v) is 6.45. The molecule has 0 spiro atoms. The van der Waals surface area contributed by atoms with Crippen molar-refractivity contribution in [2.24, 2.45) is 0 Å². The number of nitrogens with zero attached hydrogens (tertiary/aromatic N) is 4. The average molecular weight is 357 g/mol. The molecule has 130 valence electrons. The van der Waals surface area contributed by atoms with Crippen LogP contribution >= 0.6 is 11.3 Å². The predicted molar refractivity (Wildman–Crippen MR) is 96.3 cm³/mol. The molecule has 3 heterocycles. The van der Waals surface area contributed by atoms with E-state index in [2.05, 4.69) is 20.5 Å². The number of amides is 1. The SMILES string of the molecule is CN(C)c1ncccc1CNC(=O)CCc1nnc(-c2ccsc2)o1. The van der Waals surface area contributed by atoms with Crippen molar-refractivity contribution >= 4 is 23.1 Å². The van der Waals surface area contributed by atoms with Crippen LogP contribution in [-0.2, 0) is 17.8 Å². The molecule has 0 saturated heterocycles. The Hall–Kier alpha value is -2.74. The smallest absolute Gasteiger partial charge is 0.248 e. The Bertz CT molecular complexity index is 829. The number of aromatic nitrogens is 3. The highest BCUT2D eigenvalue weighted by molar-refractivity contribution is 7.08. The third-order valence-electron chi connectivity index (χ3n) is 3.57. The third kappa shape index (κ3) is 4.42. The Morgan fingerprint density at radius 1 is 1.32 bits per heavy atom. The van der Waals surface area contributed by atoms with E-state index in [9.17, 15) is 4.79 Å². The van der Waals surface area contributed by atoms with Crippen LogP contribution in [0.3, 0.4) is 0 Å². The average Bonchev–Trinajstić information content (AvgIpc) is 3.29.